The number of ketones is 2. The van der Waals surface area contributed by atoms with Crippen molar-refractivity contribution in [3.05, 3.63) is 82.9 Å². The average molecular weight is 1020 g/mol. The molecule has 0 radical (unpaired) electrons. The summed E-state index contributed by atoms with van der Waals surface area (Å²) in [5, 5.41) is 41.7. The van der Waals surface area contributed by atoms with E-state index in [0.717, 1.165) is 0 Å². The van der Waals surface area contributed by atoms with E-state index in [1.165, 1.54) is 26.0 Å². The van der Waals surface area contributed by atoms with Gasteiger partial charge in [0.1, 0.15) is 35.6 Å². The van der Waals surface area contributed by atoms with E-state index >= 15 is 9.59 Å². The zero-order chi connectivity index (χ0) is 53.8. The van der Waals surface area contributed by atoms with Crippen molar-refractivity contribution >= 4 is 38.6 Å². The zero-order valence-corrected chi connectivity index (χ0v) is 45.6. The van der Waals surface area contributed by atoms with Gasteiger partial charge in [0.25, 0.3) is 0 Å². The highest BCUT2D eigenvalue weighted by Gasteiger charge is 2.78. The molecule has 72 heavy (non-hydrogen) atoms. The van der Waals surface area contributed by atoms with Crippen molar-refractivity contribution in [1.29, 1.82) is 0 Å². The summed E-state index contributed by atoms with van der Waals surface area (Å²) in [6.07, 6.45) is -9.80. The van der Waals surface area contributed by atoms with Crippen LogP contribution in [-0.2, 0) is 51.0 Å². The molecule has 2 aromatic rings. The fraction of sp³-hybridized carbons (Fsp3) is 0.648. The standard InChI is InChI=1S/C54H77NO16Si/c1-16-65-72(70-49(7,8)9,71-50(10,11)12)69-42(40(33-23-19-17-20-24-33)55-47(62)68-48(4,5)6)36(57)27-35-29-54(63)45(66-46(61)34-25-21-18-22-26-34)43-52(15,44(60)41(59)39(31(35)2)51(54,13)14)37(58)28-38-53(43,30-64-38)67-32(3)56/h17-26,35,37-38,40-43,45,58-59,63H,16,27-30H2,1-15H3,(H,55,62)/t35-,37-,38+,40-,41+,42-,43-,45-,52+,53-,54+/m0/s1. The summed E-state index contributed by atoms with van der Waals surface area (Å²) in [7, 11) is -4.48. The van der Waals surface area contributed by atoms with Crippen LogP contribution >= 0.6 is 0 Å². The molecule has 0 unspecified atom stereocenters. The summed E-state index contributed by atoms with van der Waals surface area (Å²) in [4.78, 5) is 72.9. The van der Waals surface area contributed by atoms with E-state index in [4.69, 9.17) is 36.7 Å². The molecule has 1 saturated heterocycles. The molecular weight excluding hydrogens is 947 g/mol. The Bertz CT molecular complexity index is 2360. The highest BCUT2D eigenvalue weighted by molar-refractivity contribution is 6.54. The molecule has 1 aliphatic heterocycles. The molecule has 6 rings (SSSR count). The maximum Gasteiger partial charge on any atom is 0.681 e. The third-order valence-corrected chi connectivity index (χ3v) is 17.4. The van der Waals surface area contributed by atoms with E-state index in [0.29, 0.717) is 11.1 Å². The molecule has 4 aliphatic rings. The summed E-state index contributed by atoms with van der Waals surface area (Å²) in [5.74, 6) is -5.71. The minimum atomic E-state index is -4.48. The molecule has 1 amide bonds. The second-order valence-electron chi connectivity index (χ2n) is 23.5. The summed E-state index contributed by atoms with van der Waals surface area (Å²) < 4.78 is 51.0. The number of aliphatic hydroxyl groups is 3. The molecule has 17 nitrogen and oxygen atoms in total. The molecule has 11 atom stereocenters. The predicted octanol–water partition coefficient (Wildman–Crippen LogP) is 7.05. The second-order valence-corrected chi connectivity index (χ2v) is 25.4. The number of carbonyl (C=O) groups is 5. The van der Waals surface area contributed by atoms with Gasteiger partial charge in [0.2, 0.25) is 0 Å². The van der Waals surface area contributed by atoms with Crippen molar-refractivity contribution in [3.8, 4) is 0 Å². The number of allylic oxidation sites excluding steroid dienone is 1. The SMILES string of the molecule is CCO[Si](O[C@@H](C(=O)C[C@H]1C[C@@]2(O)[C@@H](OC(=O)c3ccccc3)[C@@H]3[C@]4(OC(C)=O)CO[C@@H]4C[C@H](O)[C@@]3(C)C(=O)[C@H](O)C(=C1C)C2(C)C)[C@@H](NC(=O)OC(C)(C)C)c1ccccc1)(OC(C)(C)C)OC(C)(C)C. The van der Waals surface area contributed by atoms with Gasteiger partial charge in [0.05, 0.1) is 46.9 Å². The molecule has 0 spiro atoms. The molecular formula is C54H77NO16Si. The number of Topliss-reactive ketones (excluding diaryl/α,β-unsaturated/α-hetero) is 2. The van der Waals surface area contributed by atoms with Crippen LogP contribution in [0.25, 0.3) is 0 Å². The Morgan fingerprint density at radius 2 is 1.44 bits per heavy atom. The highest BCUT2D eigenvalue weighted by atomic mass is 28.4. The number of ether oxygens (including phenoxy) is 4. The zero-order valence-electron chi connectivity index (χ0n) is 44.6. The van der Waals surface area contributed by atoms with E-state index in [1.807, 2.05) is 0 Å². The summed E-state index contributed by atoms with van der Waals surface area (Å²) in [5.41, 5.74) is -9.57. The molecule has 398 valence electrons. The normalized spacial score (nSPS) is 30.3. The first-order chi connectivity index (χ1) is 33.1. The van der Waals surface area contributed by atoms with E-state index in [9.17, 15) is 29.7 Å². The molecule has 4 N–H and O–H groups in total. The van der Waals surface area contributed by atoms with Gasteiger partial charge in [-0.05, 0) is 119 Å². The van der Waals surface area contributed by atoms with Gasteiger partial charge in [-0.15, -0.1) is 0 Å². The molecule has 3 aliphatic carbocycles. The number of fused-ring (bicyclic) bond motifs is 5. The first-order valence-corrected chi connectivity index (χ1v) is 26.5. The summed E-state index contributed by atoms with van der Waals surface area (Å²) in [6, 6.07) is 15.4. The number of amides is 1. The van der Waals surface area contributed by atoms with Crippen LogP contribution in [0.2, 0.25) is 0 Å². The van der Waals surface area contributed by atoms with Gasteiger partial charge < -0.3 is 57.3 Å². The summed E-state index contributed by atoms with van der Waals surface area (Å²) in [6.45, 7) is 24.8. The van der Waals surface area contributed by atoms with Gasteiger partial charge in [-0.1, -0.05) is 68.0 Å². The van der Waals surface area contributed by atoms with Crippen molar-refractivity contribution in [2.24, 2.45) is 22.7 Å². The van der Waals surface area contributed by atoms with Crippen molar-refractivity contribution in [2.75, 3.05) is 13.2 Å². The lowest BCUT2D eigenvalue weighted by molar-refractivity contribution is -0.345. The number of rotatable bonds is 15. The van der Waals surface area contributed by atoms with Crippen LogP contribution in [0.5, 0.6) is 0 Å². The largest absolute Gasteiger partial charge is 0.681 e. The lowest BCUT2D eigenvalue weighted by atomic mass is 9.44. The van der Waals surface area contributed by atoms with Crippen LogP contribution in [0.1, 0.15) is 145 Å². The van der Waals surface area contributed by atoms with Crippen LogP contribution in [0.15, 0.2) is 71.8 Å². The molecule has 2 saturated carbocycles. The molecule has 18 heteroatoms. The summed E-state index contributed by atoms with van der Waals surface area (Å²) >= 11 is 0. The van der Waals surface area contributed by atoms with Crippen molar-refractivity contribution in [2.45, 2.75) is 188 Å². The van der Waals surface area contributed by atoms with Crippen LogP contribution in [-0.4, -0.2) is 126 Å². The van der Waals surface area contributed by atoms with E-state index in [-0.39, 0.29) is 37.2 Å². The van der Waals surface area contributed by atoms with E-state index in [1.54, 1.807) is 139 Å². The Hall–Kier alpha value is -4.37. The van der Waals surface area contributed by atoms with Crippen LogP contribution < -0.4 is 5.32 Å². The number of benzene rings is 2. The molecule has 0 aromatic heterocycles. The second kappa shape index (κ2) is 20.4. The number of hydrogen-bond donors (Lipinski definition) is 4. The van der Waals surface area contributed by atoms with Gasteiger partial charge in [0.15, 0.2) is 17.2 Å². The Labute approximate surface area is 425 Å². The van der Waals surface area contributed by atoms with E-state index < -0.39 is 132 Å². The van der Waals surface area contributed by atoms with Gasteiger partial charge in [-0.2, -0.15) is 0 Å². The number of aliphatic hydroxyl groups excluding tert-OH is 2. The topological polar surface area (TPSA) is 232 Å². The smallest absolute Gasteiger partial charge is 0.455 e. The number of nitrogens with one attached hydrogen (secondary N) is 1. The van der Waals surface area contributed by atoms with Gasteiger partial charge in [-0.25, -0.2) is 9.59 Å². The Morgan fingerprint density at radius 3 is 1.94 bits per heavy atom. The maximum atomic E-state index is 15.9. The first-order valence-electron chi connectivity index (χ1n) is 24.9. The minimum absolute atomic E-state index is 0.0370. The van der Waals surface area contributed by atoms with Gasteiger partial charge in [0, 0.05) is 31.8 Å². The maximum absolute atomic E-state index is 15.9. The minimum Gasteiger partial charge on any atom is -0.455 e. The molecule has 2 aromatic carbocycles. The van der Waals surface area contributed by atoms with Gasteiger partial charge >= 0.3 is 27.1 Å². The van der Waals surface area contributed by atoms with Crippen LogP contribution in [0.4, 0.5) is 4.79 Å². The predicted molar refractivity (Wildman–Crippen MR) is 265 cm³/mol. The number of hydrogen-bond acceptors (Lipinski definition) is 16. The van der Waals surface area contributed by atoms with Crippen LogP contribution in [0, 0.1) is 22.7 Å². The Kier molecular flexibility index (Phi) is 16.1. The lowest BCUT2D eigenvalue weighted by Gasteiger charge is -2.67. The quantitative estimate of drug-likeness (QED) is 0.0606. The van der Waals surface area contributed by atoms with Crippen LogP contribution in [0.3, 0.4) is 0 Å². The molecule has 3 fully saturated rings. The fourth-order valence-electron chi connectivity index (χ4n) is 11.4. The van der Waals surface area contributed by atoms with Crippen molar-refractivity contribution in [3.63, 3.8) is 0 Å². The van der Waals surface area contributed by atoms with Crippen molar-refractivity contribution in [1.82, 2.24) is 5.32 Å². The van der Waals surface area contributed by atoms with Crippen molar-refractivity contribution < 1.29 is 75.9 Å². The van der Waals surface area contributed by atoms with Gasteiger partial charge in [-0.3, -0.25) is 14.4 Å². The average Bonchev–Trinajstić information content (AvgIpc) is 3.25. The monoisotopic (exact) mass is 1020 g/mol. The molecule has 2 bridgehead atoms. The fourth-order valence-corrected chi connectivity index (χ4v) is 14.1. The third-order valence-electron chi connectivity index (χ3n) is 14.5. The molecule has 1 heterocycles. The number of esters is 2. The third kappa shape index (κ3) is 11.2. The lowest BCUT2D eigenvalue weighted by Crippen LogP contribution is -2.81. The van der Waals surface area contributed by atoms with E-state index in [2.05, 4.69) is 5.32 Å². The first kappa shape index (κ1) is 56.9. The number of alkyl carbamates (subject to hydrolysis) is 1. The number of carbonyl (C=O) groups excluding carboxylic acids is 5. The Balaban J connectivity index is 1.59. The Morgan fingerprint density at radius 1 is 0.875 bits per heavy atom. The highest BCUT2D eigenvalue weighted by Crippen LogP contribution is 2.65.